The van der Waals surface area contributed by atoms with Crippen molar-refractivity contribution in [3.63, 3.8) is 0 Å². The van der Waals surface area contributed by atoms with Crippen molar-refractivity contribution in [3.8, 4) is 11.5 Å². The van der Waals surface area contributed by atoms with E-state index in [4.69, 9.17) is 24.7 Å². The molecule has 2 N–H and O–H groups in total. The minimum absolute atomic E-state index is 0.282. The molecule has 19 heavy (non-hydrogen) atoms. The Morgan fingerprint density at radius 2 is 1.84 bits per heavy atom. The van der Waals surface area contributed by atoms with Crippen LogP contribution in [0.3, 0.4) is 0 Å². The summed E-state index contributed by atoms with van der Waals surface area (Å²) in [4.78, 5) is 11.7. The van der Waals surface area contributed by atoms with Crippen LogP contribution in [-0.2, 0) is 9.47 Å². The number of fused-ring (bicyclic) bond motifs is 1. The average molecular weight is 267 g/mol. The second kappa shape index (κ2) is 6.29. The predicted octanol–water partition coefficient (Wildman–Crippen LogP) is 1.23. The van der Waals surface area contributed by atoms with E-state index < -0.39 is 5.97 Å². The number of rotatable bonds is 2. The monoisotopic (exact) mass is 267 g/mol. The highest BCUT2D eigenvalue weighted by molar-refractivity contribution is 5.96. The quantitative estimate of drug-likeness (QED) is 0.641. The first kappa shape index (κ1) is 13.5. The fourth-order valence-corrected chi connectivity index (χ4v) is 1.71. The Morgan fingerprint density at radius 1 is 1.21 bits per heavy atom. The van der Waals surface area contributed by atoms with Crippen molar-refractivity contribution in [2.24, 2.45) is 0 Å². The van der Waals surface area contributed by atoms with Gasteiger partial charge in [0, 0.05) is 12.1 Å². The lowest BCUT2D eigenvalue weighted by molar-refractivity contribution is 0.0527. The van der Waals surface area contributed by atoms with Gasteiger partial charge in [0.15, 0.2) is 11.5 Å². The van der Waals surface area contributed by atoms with Crippen LogP contribution in [0.5, 0.6) is 11.5 Å². The molecule has 0 atom stereocenters. The number of nitrogen functional groups attached to an aromatic ring is 1. The van der Waals surface area contributed by atoms with Gasteiger partial charge in [-0.3, -0.25) is 0 Å². The molecule has 1 aliphatic rings. The number of anilines is 1. The van der Waals surface area contributed by atoms with E-state index in [0.29, 0.717) is 50.2 Å². The van der Waals surface area contributed by atoms with Crippen LogP contribution in [0.4, 0.5) is 5.69 Å². The summed E-state index contributed by atoms with van der Waals surface area (Å²) in [6.07, 6.45) is 0. The van der Waals surface area contributed by atoms with E-state index >= 15 is 0 Å². The molecule has 1 aromatic rings. The first-order chi connectivity index (χ1) is 9.22. The normalized spacial score (nSPS) is 15.0. The molecule has 6 heteroatoms. The number of hydrogen-bond donors (Lipinski definition) is 1. The summed E-state index contributed by atoms with van der Waals surface area (Å²) in [5, 5.41) is 0. The van der Waals surface area contributed by atoms with Gasteiger partial charge < -0.3 is 24.7 Å². The van der Waals surface area contributed by atoms with E-state index in [-0.39, 0.29) is 5.56 Å². The fraction of sp³-hybridized carbons (Fsp3) is 0.462. The number of nitrogens with two attached hydrogens (primary N) is 1. The molecule has 0 bridgehead atoms. The summed E-state index contributed by atoms with van der Waals surface area (Å²) in [5.41, 5.74) is 6.43. The maximum Gasteiger partial charge on any atom is 0.340 e. The second-order valence-corrected chi connectivity index (χ2v) is 3.92. The number of ether oxygens (including phenoxy) is 4. The van der Waals surface area contributed by atoms with Crippen molar-refractivity contribution < 1.29 is 23.7 Å². The van der Waals surface area contributed by atoms with Crippen LogP contribution < -0.4 is 15.2 Å². The Labute approximate surface area is 111 Å². The largest absolute Gasteiger partial charge is 0.487 e. The van der Waals surface area contributed by atoms with Gasteiger partial charge in [-0.15, -0.1) is 0 Å². The summed E-state index contributed by atoms with van der Waals surface area (Å²) < 4.78 is 21.2. The number of benzene rings is 1. The zero-order chi connectivity index (χ0) is 13.7. The minimum atomic E-state index is -0.470. The van der Waals surface area contributed by atoms with Gasteiger partial charge in [-0.05, 0) is 6.92 Å². The lowest BCUT2D eigenvalue weighted by atomic mass is 10.1. The van der Waals surface area contributed by atoms with Crippen molar-refractivity contribution in [2.75, 3.05) is 38.8 Å². The molecule has 0 aromatic heterocycles. The third kappa shape index (κ3) is 3.29. The van der Waals surface area contributed by atoms with Crippen LogP contribution in [0.25, 0.3) is 0 Å². The smallest absolute Gasteiger partial charge is 0.340 e. The molecule has 0 radical (unpaired) electrons. The van der Waals surface area contributed by atoms with E-state index in [1.165, 1.54) is 0 Å². The molecule has 1 heterocycles. The van der Waals surface area contributed by atoms with E-state index in [2.05, 4.69) is 0 Å². The highest BCUT2D eigenvalue weighted by Gasteiger charge is 2.17. The molecule has 0 saturated carbocycles. The Balaban J connectivity index is 2.30. The molecule has 104 valence electrons. The Morgan fingerprint density at radius 3 is 2.47 bits per heavy atom. The summed E-state index contributed by atoms with van der Waals surface area (Å²) in [6, 6.07) is 3.13. The number of carbonyl (C=O) groups excluding carboxylic acids is 1. The van der Waals surface area contributed by atoms with Crippen LogP contribution in [0.1, 0.15) is 17.3 Å². The van der Waals surface area contributed by atoms with Gasteiger partial charge in [0.2, 0.25) is 0 Å². The predicted molar refractivity (Wildman–Crippen MR) is 68.6 cm³/mol. The number of hydrogen-bond acceptors (Lipinski definition) is 6. The van der Waals surface area contributed by atoms with Gasteiger partial charge in [0.05, 0.1) is 31.1 Å². The lowest BCUT2D eigenvalue weighted by Gasteiger charge is -2.13. The Hall–Kier alpha value is -1.95. The number of esters is 1. The molecule has 0 unspecified atom stereocenters. The highest BCUT2D eigenvalue weighted by Crippen LogP contribution is 2.33. The Bertz CT molecular complexity index is 461. The van der Waals surface area contributed by atoms with Crippen LogP contribution in [0, 0.1) is 0 Å². The summed E-state index contributed by atoms with van der Waals surface area (Å²) >= 11 is 0. The van der Waals surface area contributed by atoms with E-state index in [0.717, 1.165) is 0 Å². The van der Waals surface area contributed by atoms with Gasteiger partial charge in [-0.25, -0.2) is 4.79 Å². The van der Waals surface area contributed by atoms with E-state index in [1.54, 1.807) is 19.1 Å². The molecular formula is C13H17NO5. The summed E-state index contributed by atoms with van der Waals surface area (Å²) in [6.45, 7) is 3.80. The third-order valence-corrected chi connectivity index (χ3v) is 2.58. The van der Waals surface area contributed by atoms with Crippen molar-refractivity contribution in [2.45, 2.75) is 6.92 Å². The molecule has 0 aliphatic carbocycles. The van der Waals surface area contributed by atoms with Crippen LogP contribution in [0.2, 0.25) is 0 Å². The molecule has 0 amide bonds. The van der Waals surface area contributed by atoms with Gasteiger partial charge in [-0.2, -0.15) is 0 Å². The first-order valence-electron chi connectivity index (χ1n) is 6.16. The lowest BCUT2D eigenvalue weighted by Crippen LogP contribution is -2.10. The van der Waals surface area contributed by atoms with Crippen LogP contribution >= 0.6 is 0 Å². The molecule has 2 rings (SSSR count). The first-order valence-corrected chi connectivity index (χ1v) is 6.16. The van der Waals surface area contributed by atoms with Gasteiger partial charge in [-0.1, -0.05) is 0 Å². The topological polar surface area (TPSA) is 80.0 Å². The molecular weight excluding hydrogens is 250 g/mol. The van der Waals surface area contributed by atoms with Crippen molar-refractivity contribution in [1.82, 2.24) is 0 Å². The molecule has 1 aromatic carbocycles. The van der Waals surface area contributed by atoms with E-state index in [1.807, 2.05) is 0 Å². The molecule has 1 aliphatic heterocycles. The Kier molecular flexibility index (Phi) is 4.46. The van der Waals surface area contributed by atoms with Gasteiger partial charge in [0.1, 0.15) is 13.2 Å². The fourth-order valence-electron chi connectivity index (χ4n) is 1.71. The summed E-state index contributed by atoms with van der Waals surface area (Å²) in [5.74, 6) is 0.515. The van der Waals surface area contributed by atoms with Gasteiger partial charge >= 0.3 is 5.97 Å². The van der Waals surface area contributed by atoms with Crippen LogP contribution in [0.15, 0.2) is 12.1 Å². The maximum atomic E-state index is 11.7. The van der Waals surface area contributed by atoms with Crippen molar-refractivity contribution in [1.29, 1.82) is 0 Å². The third-order valence-electron chi connectivity index (χ3n) is 2.58. The standard InChI is InChI=1S/C13H17NO5/c1-2-17-13(15)9-7-11-12(8-10(9)14)19-6-4-16-3-5-18-11/h7-8H,2-6,14H2,1H3. The highest BCUT2D eigenvalue weighted by atomic mass is 16.6. The molecule has 0 fully saturated rings. The SMILES string of the molecule is CCOC(=O)c1cc2c(cc1N)OCCOCCO2. The zero-order valence-electron chi connectivity index (χ0n) is 10.8. The molecule has 6 nitrogen and oxygen atoms in total. The zero-order valence-corrected chi connectivity index (χ0v) is 10.8. The molecule has 0 saturated heterocycles. The maximum absolute atomic E-state index is 11.7. The van der Waals surface area contributed by atoms with Crippen LogP contribution in [-0.4, -0.2) is 39.0 Å². The molecule has 0 spiro atoms. The van der Waals surface area contributed by atoms with Crippen molar-refractivity contribution in [3.05, 3.63) is 17.7 Å². The number of carbonyl (C=O) groups is 1. The average Bonchev–Trinajstić information content (AvgIpc) is 2.49. The summed E-state index contributed by atoms with van der Waals surface area (Å²) in [7, 11) is 0. The van der Waals surface area contributed by atoms with Gasteiger partial charge in [0.25, 0.3) is 0 Å². The van der Waals surface area contributed by atoms with Crippen molar-refractivity contribution >= 4 is 11.7 Å². The second-order valence-electron chi connectivity index (χ2n) is 3.92. The minimum Gasteiger partial charge on any atom is -0.487 e. The van der Waals surface area contributed by atoms with E-state index in [9.17, 15) is 4.79 Å².